The van der Waals surface area contributed by atoms with Gasteiger partial charge in [0.15, 0.2) is 0 Å². The van der Waals surface area contributed by atoms with E-state index in [1.165, 1.54) is 0 Å². The Labute approximate surface area is 121 Å². The van der Waals surface area contributed by atoms with Crippen LogP contribution in [0.4, 0.5) is 0 Å². The van der Waals surface area contributed by atoms with Crippen LogP contribution in [0.3, 0.4) is 0 Å². The molecule has 1 aliphatic heterocycles. The second-order valence-electron chi connectivity index (χ2n) is 5.46. The summed E-state index contributed by atoms with van der Waals surface area (Å²) in [5.74, 6) is 0.741. The lowest BCUT2D eigenvalue weighted by Gasteiger charge is -2.33. The maximum absolute atomic E-state index is 12.4. The van der Waals surface area contributed by atoms with E-state index >= 15 is 0 Å². The fourth-order valence-electron chi connectivity index (χ4n) is 2.71. The summed E-state index contributed by atoms with van der Waals surface area (Å²) < 4.78 is 0. The van der Waals surface area contributed by atoms with Crippen molar-refractivity contribution in [3.8, 4) is 0 Å². The van der Waals surface area contributed by atoms with Gasteiger partial charge in [0.1, 0.15) is 6.04 Å². The number of nitrogens with two attached hydrogens (primary N) is 1. The van der Waals surface area contributed by atoms with Gasteiger partial charge in [0, 0.05) is 13.1 Å². The molecule has 1 amide bonds. The summed E-state index contributed by atoms with van der Waals surface area (Å²) >= 11 is 0. The molecule has 1 aromatic rings. The number of carbonyl (C=O) groups excluding carboxylic acids is 1. The minimum Gasteiger partial charge on any atom is -0.341 e. The first-order chi connectivity index (χ1) is 9.72. The molecule has 0 aromatic heterocycles. The topological polar surface area (TPSA) is 58.4 Å². The van der Waals surface area contributed by atoms with Crippen molar-refractivity contribution in [2.75, 3.05) is 26.2 Å². The lowest BCUT2D eigenvalue weighted by atomic mass is 9.95. The molecule has 1 unspecified atom stereocenters. The zero-order valence-corrected chi connectivity index (χ0v) is 12.2. The molecular formula is C16H25N3O. The monoisotopic (exact) mass is 275 g/mol. The molecule has 1 aromatic carbocycles. The van der Waals surface area contributed by atoms with Gasteiger partial charge in [0.25, 0.3) is 0 Å². The fraction of sp³-hybridized carbons (Fsp3) is 0.562. The highest BCUT2D eigenvalue weighted by Gasteiger charge is 2.26. The van der Waals surface area contributed by atoms with Crippen LogP contribution in [0.5, 0.6) is 0 Å². The van der Waals surface area contributed by atoms with Crippen molar-refractivity contribution in [2.45, 2.75) is 25.8 Å². The maximum Gasteiger partial charge on any atom is 0.244 e. The molecule has 110 valence electrons. The number of hydrogen-bond donors (Lipinski definition) is 2. The van der Waals surface area contributed by atoms with Gasteiger partial charge < -0.3 is 16.0 Å². The third-order valence-electron chi connectivity index (χ3n) is 4.03. The van der Waals surface area contributed by atoms with Crippen molar-refractivity contribution in [1.29, 1.82) is 0 Å². The third kappa shape index (κ3) is 3.81. The molecule has 4 heteroatoms. The predicted octanol–water partition coefficient (Wildman–Crippen LogP) is 1.53. The van der Waals surface area contributed by atoms with E-state index in [1.807, 2.05) is 35.2 Å². The van der Waals surface area contributed by atoms with Crippen molar-refractivity contribution < 1.29 is 4.79 Å². The van der Waals surface area contributed by atoms with Crippen molar-refractivity contribution in [2.24, 2.45) is 11.7 Å². The van der Waals surface area contributed by atoms with Crippen molar-refractivity contribution in [3.05, 3.63) is 35.9 Å². The highest BCUT2D eigenvalue weighted by molar-refractivity contribution is 5.83. The van der Waals surface area contributed by atoms with Gasteiger partial charge in [-0.1, -0.05) is 37.3 Å². The number of rotatable bonds is 5. The van der Waals surface area contributed by atoms with E-state index in [0.29, 0.717) is 5.92 Å². The molecule has 0 saturated carbocycles. The van der Waals surface area contributed by atoms with Crippen LogP contribution in [0, 0.1) is 5.92 Å². The van der Waals surface area contributed by atoms with Gasteiger partial charge in [-0.15, -0.1) is 0 Å². The molecular weight excluding hydrogens is 250 g/mol. The molecule has 2 rings (SSSR count). The average Bonchev–Trinajstić information content (AvgIpc) is 2.53. The Balaban J connectivity index is 1.85. The molecule has 0 spiro atoms. The predicted molar refractivity (Wildman–Crippen MR) is 81.2 cm³/mol. The summed E-state index contributed by atoms with van der Waals surface area (Å²) in [6, 6.07) is 9.09. The molecule has 1 saturated heterocycles. The Bertz CT molecular complexity index is 413. The second-order valence-corrected chi connectivity index (χ2v) is 5.46. The van der Waals surface area contributed by atoms with Gasteiger partial charge in [-0.3, -0.25) is 4.79 Å². The van der Waals surface area contributed by atoms with E-state index in [-0.39, 0.29) is 5.91 Å². The molecule has 20 heavy (non-hydrogen) atoms. The van der Waals surface area contributed by atoms with Crippen LogP contribution in [-0.2, 0) is 4.79 Å². The van der Waals surface area contributed by atoms with Crippen LogP contribution in [-0.4, -0.2) is 37.0 Å². The minimum atomic E-state index is -0.526. The summed E-state index contributed by atoms with van der Waals surface area (Å²) in [5, 5.41) is 3.38. The number of nitrogens with one attached hydrogen (secondary N) is 1. The molecule has 0 aliphatic carbocycles. The van der Waals surface area contributed by atoms with E-state index in [1.54, 1.807) is 0 Å². The van der Waals surface area contributed by atoms with Gasteiger partial charge in [-0.2, -0.15) is 0 Å². The van der Waals surface area contributed by atoms with Gasteiger partial charge >= 0.3 is 0 Å². The maximum atomic E-state index is 12.4. The highest BCUT2D eigenvalue weighted by Crippen LogP contribution is 2.20. The zero-order valence-electron chi connectivity index (χ0n) is 12.2. The molecule has 1 heterocycles. The number of likely N-dealkylation sites (tertiary alicyclic amines) is 1. The van der Waals surface area contributed by atoms with Crippen LogP contribution in [0.1, 0.15) is 31.4 Å². The first-order valence-electron chi connectivity index (χ1n) is 7.52. The average molecular weight is 275 g/mol. The molecule has 3 N–H and O–H groups in total. The van der Waals surface area contributed by atoms with E-state index in [0.717, 1.165) is 44.6 Å². The van der Waals surface area contributed by atoms with Gasteiger partial charge in [0.05, 0.1) is 0 Å². The molecule has 1 aliphatic rings. The number of piperidine rings is 1. The fourth-order valence-corrected chi connectivity index (χ4v) is 2.71. The van der Waals surface area contributed by atoms with Crippen molar-refractivity contribution in [3.63, 3.8) is 0 Å². The van der Waals surface area contributed by atoms with E-state index in [2.05, 4.69) is 12.2 Å². The van der Waals surface area contributed by atoms with Crippen molar-refractivity contribution in [1.82, 2.24) is 10.2 Å². The van der Waals surface area contributed by atoms with Gasteiger partial charge in [0.2, 0.25) is 5.91 Å². The summed E-state index contributed by atoms with van der Waals surface area (Å²) in [4.78, 5) is 14.3. The summed E-state index contributed by atoms with van der Waals surface area (Å²) in [5.41, 5.74) is 6.98. The summed E-state index contributed by atoms with van der Waals surface area (Å²) in [7, 11) is 0. The Morgan fingerprint density at radius 3 is 2.60 bits per heavy atom. The Morgan fingerprint density at radius 2 is 2.00 bits per heavy atom. The third-order valence-corrected chi connectivity index (χ3v) is 4.03. The second kappa shape index (κ2) is 7.41. The standard InChI is InChI=1S/C16H25N3O/c1-2-18-12-13-8-10-19(11-9-13)16(20)15(17)14-6-4-3-5-7-14/h3-7,13,15,18H,2,8-12,17H2,1H3. The highest BCUT2D eigenvalue weighted by atomic mass is 16.2. The van der Waals surface area contributed by atoms with Crippen molar-refractivity contribution >= 4 is 5.91 Å². The molecule has 4 nitrogen and oxygen atoms in total. The Morgan fingerprint density at radius 1 is 1.35 bits per heavy atom. The number of carbonyl (C=O) groups is 1. The van der Waals surface area contributed by atoms with Crippen LogP contribution in [0.25, 0.3) is 0 Å². The lowest BCUT2D eigenvalue weighted by molar-refractivity contribution is -0.134. The zero-order chi connectivity index (χ0) is 14.4. The number of benzene rings is 1. The number of hydrogen-bond acceptors (Lipinski definition) is 3. The van der Waals surface area contributed by atoms with Crippen LogP contribution < -0.4 is 11.1 Å². The smallest absolute Gasteiger partial charge is 0.244 e. The SMILES string of the molecule is CCNCC1CCN(C(=O)C(N)c2ccccc2)CC1. The normalized spacial score (nSPS) is 18.0. The van der Waals surface area contributed by atoms with Crippen LogP contribution >= 0.6 is 0 Å². The number of nitrogens with zero attached hydrogens (tertiary/aromatic N) is 1. The van der Waals surface area contributed by atoms with E-state index in [4.69, 9.17) is 5.73 Å². The van der Waals surface area contributed by atoms with Gasteiger partial charge in [-0.05, 0) is 37.4 Å². The molecule has 0 bridgehead atoms. The largest absolute Gasteiger partial charge is 0.341 e. The van der Waals surface area contributed by atoms with E-state index in [9.17, 15) is 4.79 Å². The Hall–Kier alpha value is -1.39. The van der Waals surface area contributed by atoms with Crippen LogP contribution in [0.15, 0.2) is 30.3 Å². The first kappa shape index (κ1) is 15.0. The van der Waals surface area contributed by atoms with Gasteiger partial charge in [-0.25, -0.2) is 0 Å². The summed E-state index contributed by atoms with van der Waals surface area (Å²) in [6.07, 6.45) is 2.14. The first-order valence-corrected chi connectivity index (χ1v) is 7.52. The lowest BCUT2D eigenvalue weighted by Crippen LogP contribution is -2.44. The molecule has 1 atom stereocenters. The minimum absolute atomic E-state index is 0.0538. The van der Waals surface area contributed by atoms with Crippen LogP contribution in [0.2, 0.25) is 0 Å². The summed E-state index contributed by atoms with van der Waals surface area (Å²) in [6.45, 7) is 5.85. The quantitative estimate of drug-likeness (QED) is 0.857. The van der Waals surface area contributed by atoms with E-state index < -0.39 is 6.04 Å². The molecule has 1 fully saturated rings. The molecule has 0 radical (unpaired) electrons. The number of amides is 1. The Kier molecular flexibility index (Phi) is 5.56.